The van der Waals surface area contributed by atoms with Gasteiger partial charge in [-0.3, -0.25) is 24.0 Å². The Morgan fingerprint density at radius 2 is 1.47 bits per heavy atom. The molecule has 10 bridgehead atoms. The first-order chi connectivity index (χ1) is 25.4. The summed E-state index contributed by atoms with van der Waals surface area (Å²) in [6, 6.07) is 0. The maximum atomic E-state index is 15.1. The van der Waals surface area contributed by atoms with Crippen molar-refractivity contribution in [2.24, 2.45) is 88.8 Å². The topological polar surface area (TPSA) is 132 Å². The SMILES string of the molecule is CC(C(=O)OC12CC3CC(C1)OC(=O)C(C3)C2)C(C(=O)OC1(C)C2CC3CC(C2)CC1C3)C1CCCOC1C1C(=O)OC(=O)C1C1C2CCC(C2)C1C. The van der Waals surface area contributed by atoms with Crippen LogP contribution in [0.2, 0.25) is 0 Å². The summed E-state index contributed by atoms with van der Waals surface area (Å²) < 4.78 is 31.2. The van der Waals surface area contributed by atoms with Gasteiger partial charge in [-0.15, -0.1) is 0 Å². The quantitative estimate of drug-likeness (QED) is 0.161. The van der Waals surface area contributed by atoms with Gasteiger partial charge in [0.05, 0.1) is 35.7 Å². The van der Waals surface area contributed by atoms with Crippen molar-refractivity contribution in [3.05, 3.63) is 0 Å². The predicted molar refractivity (Wildman–Crippen MR) is 187 cm³/mol. The van der Waals surface area contributed by atoms with Crippen LogP contribution in [0.15, 0.2) is 0 Å². The molecule has 4 saturated heterocycles. The van der Waals surface area contributed by atoms with Crippen molar-refractivity contribution in [3.63, 3.8) is 0 Å². The summed E-state index contributed by atoms with van der Waals surface area (Å²) >= 11 is 0. The minimum absolute atomic E-state index is 0.0357. The summed E-state index contributed by atoms with van der Waals surface area (Å²) in [5, 5.41) is 0. The van der Waals surface area contributed by atoms with E-state index in [9.17, 15) is 19.2 Å². The number of esters is 5. The van der Waals surface area contributed by atoms with E-state index < -0.39 is 70.8 Å². The van der Waals surface area contributed by atoms with E-state index in [-0.39, 0.29) is 29.8 Å². The first-order valence-electron chi connectivity index (χ1n) is 21.4. The van der Waals surface area contributed by atoms with Gasteiger partial charge in [0.15, 0.2) is 0 Å². The van der Waals surface area contributed by atoms with E-state index in [1.54, 1.807) is 6.92 Å². The van der Waals surface area contributed by atoms with Gasteiger partial charge in [0.2, 0.25) is 0 Å². The van der Waals surface area contributed by atoms with Gasteiger partial charge in [0.25, 0.3) is 0 Å². The van der Waals surface area contributed by atoms with Gasteiger partial charge in [0, 0.05) is 25.4 Å². The average Bonchev–Trinajstić information content (AvgIpc) is 3.75. The summed E-state index contributed by atoms with van der Waals surface area (Å²) in [5.74, 6) is -2.69. The molecule has 12 fully saturated rings. The van der Waals surface area contributed by atoms with Gasteiger partial charge in [-0.1, -0.05) is 13.8 Å². The molecule has 12 rings (SSSR count). The number of carbonyl (C=O) groups is 5. The fourth-order valence-corrected chi connectivity index (χ4v) is 15.4. The molecule has 14 unspecified atom stereocenters. The first kappa shape index (κ1) is 35.0. The van der Waals surface area contributed by atoms with Gasteiger partial charge in [-0.2, -0.15) is 0 Å². The lowest BCUT2D eigenvalue weighted by Gasteiger charge is -2.59. The molecule has 8 saturated carbocycles. The van der Waals surface area contributed by atoms with E-state index in [0.29, 0.717) is 80.1 Å². The second-order valence-corrected chi connectivity index (χ2v) is 20.2. The third-order valence-corrected chi connectivity index (χ3v) is 17.5. The van der Waals surface area contributed by atoms with Crippen molar-refractivity contribution in [3.8, 4) is 0 Å². The van der Waals surface area contributed by atoms with Crippen LogP contribution in [0.4, 0.5) is 0 Å². The number of hydrogen-bond acceptors (Lipinski definition) is 10. The highest BCUT2D eigenvalue weighted by molar-refractivity contribution is 5.97. The molecule has 0 N–H and O–H groups in total. The zero-order chi connectivity index (χ0) is 36.6. The van der Waals surface area contributed by atoms with Crippen molar-refractivity contribution in [1.82, 2.24) is 0 Å². The number of hydrogen-bond donors (Lipinski definition) is 0. The molecule has 290 valence electrons. The number of rotatable bonds is 8. The molecule has 0 aromatic carbocycles. The van der Waals surface area contributed by atoms with Crippen LogP contribution in [0, 0.1) is 88.8 Å². The minimum Gasteiger partial charge on any atom is -0.462 e. The molecule has 53 heavy (non-hydrogen) atoms. The largest absolute Gasteiger partial charge is 0.462 e. The Morgan fingerprint density at radius 3 is 2.19 bits per heavy atom. The fraction of sp³-hybridized carbons (Fsp3) is 0.884. The highest BCUT2D eigenvalue weighted by Gasteiger charge is 2.63. The molecular formula is C43H58O10. The molecule has 10 nitrogen and oxygen atoms in total. The highest BCUT2D eigenvalue weighted by Crippen LogP contribution is 2.61. The summed E-state index contributed by atoms with van der Waals surface area (Å²) in [7, 11) is 0. The van der Waals surface area contributed by atoms with Gasteiger partial charge in [-0.25, -0.2) is 0 Å². The maximum Gasteiger partial charge on any atom is 0.320 e. The van der Waals surface area contributed by atoms with Gasteiger partial charge in [-0.05, 0) is 144 Å². The first-order valence-corrected chi connectivity index (χ1v) is 21.4. The average molecular weight is 735 g/mol. The lowest BCUT2D eigenvalue weighted by molar-refractivity contribution is -0.217. The molecule has 0 spiro atoms. The van der Waals surface area contributed by atoms with E-state index in [1.807, 2.05) is 0 Å². The third kappa shape index (κ3) is 5.50. The third-order valence-electron chi connectivity index (χ3n) is 17.5. The van der Waals surface area contributed by atoms with Gasteiger partial charge >= 0.3 is 29.8 Å². The Labute approximate surface area is 312 Å². The molecule has 0 aromatic rings. The molecule has 0 radical (unpaired) electrons. The molecule has 0 amide bonds. The van der Waals surface area contributed by atoms with Crippen molar-refractivity contribution >= 4 is 29.8 Å². The van der Waals surface area contributed by atoms with Crippen LogP contribution in [-0.2, 0) is 47.7 Å². The second kappa shape index (κ2) is 12.5. The van der Waals surface area contributed by atoms with Crippen molar-refractivity contribution in [2.75, 3.05) is 6.61 Å². The maximum absolute atomic E-state index is 15.1. The van der Waals surface area contributed by atoms with E-state index in [4.69, 9.17) is 23.7 Å². The minimum atomic E-state index is -0.933. The zero-order valence-corrected chi connectivity index (χ0v) is 31.7. The molecule has 10 heteroatoms. The number of fused-ring (bicyclic) bond motifs is 3. The Bertz CT molecular complexity index is 1540. The highest BCUT2D eigenvalue weighted by atomic mass is 16.6. The van der Waals surface area contributed by atoms with Crippen LogP contribution in [-0.4, -0.2) is 59.9 Å². The molecule has 12 aliphatic rings. The lowest BCUT2D eigenvalue weighted by atomic mass is 9.50. The van der Waals surface area contributed by atoms with E-state index in [0.717, 1.165) is 57.8 Å². The molecular weight excluding hydrogens is 676 g/mol. The van der Waals surface area contributed by atoms with Crippen LogP contribution in [0.3, 0.4) is 0 Å². The normalized spacial score (nSPS) is 51.5. The summed E-state index contributed by atoms with van der Waals surface area (Å²) in [5.41, 5.74) is -1.42. The summed E-state index contributed by atoms with van der Waals surface area (Å²) in [6.07, 6.45) is 12.3. The Hall–Kier alpha value is -2.49. The molecule has 14 atom stereocenters. The van der Waals surface area contributed by atoms with Gasteiger partial charge < -0.3 is 23.7 Å². The van der Waals surface area contributed by atoms with Crippen LogP contribution < -0.4 is 0 Å². The standard InChI is InChI=1S/C43H58O10/c1-20-25-6-7-26(16-25)32(20)34-35(40(47)51-39(34)46)36-31(5-4-8-49-36)33(41(48)52-42(3)28-11-22-9-23(13-28)14-29(42)12-22)21(2)37(44)53-43-17-24-10-27(18-43)38(45)50-30(15-24)19-43/h20-36H,4-19H2,1-3H3. The summed E-state index contributed by atoms with van der Waals surface area (Å²) in [6.45, 7) is 6.53. The smallest absolute Gasteiger partial charge is 0.320 e. The molecule has 4 aliphatic heterocycles. The summed E-state index contributed by atoms with van der Waals surface area (Å²) in [4.78, 5) is 70.1. The lowest BCUT2D eigenvalue weighted by Crippen LogP contribution is -2.59. The fourth-order valence-electron chi connectivity index (χ4n) is 15.4. The zero-order valence-electron chi connectivity index (χ0n) is 31.7. The number of ether oxygens (including phenoxy) is 5. The van der Waals surface area contributed by atoms with E-state index in [2.05, 4.69) is 13.8 Å². The van der Waals surface area contributed by atoms with Crippen LogP contribution in [0.5, 0.6) is 0 Å². The Balaban J connectivity index is 0.978. The Morgan fingerprint density at radius 1 is 0.755 bits per heavy atom. The number of carbonyl (C=O) groups excluding carboxylic acids is 5. The predicted octanol–water partition coefficient (Wildman–Crippen LogP) is 6.21. The van der Waals surface area contributed by atoms with Crippen molar-refractivity contribution in [2.45, 2.75) is 140 Å². The van der Waals surface area contributed by atoms with E-state index >= 15 is 4.79 Å². The van der Waals surface area contributed by atoms with Crippen LogP contribution >= 0.6 is 0 Å². The molecule has 0 aromatic heterocycles. The van der Waals surface area contributed by atoms with Crippen LogP contribution in [0.25, 0.3) is 0 Å². The van der Waals surface area contributed by atoms with Crippen LogP contribution in [0.1, 0.15) is 117 Å². The van der Waals surface area contributed by atoms with Gasteiger partial charge in [0.1, 0.15) is 17.3 Å². The molecule has 8 aliphatic carbocycles. The van der Waals surface area contributed by atoms with Crippen molar-refractivity contribution < 1.29 is 47.7 Å². The second-order valence-electron chi connectivity index (χ2n) is 20.2. The monoisotopic (exact) mass is 734 g/mol. The Kier molecular flexibility index (Phi) is 8.25. The van der Waals surface area contributed by atoms with Crippen molar-refractivity contribution in [1.29, 1.82) is 0 Å². The van der Waals surface area contributed by atoms with E-state index in [1.165, 1.54) is 6.42 Å². The number of cyclic esters (lactones) is 2. The molecule has 4 heterocycles.